The van der Waals surface area contributed by atoms with E-state index in [1.807, 2.05) is 25.1 Å². The molecule has 0 radical (unpaired) electrons. The van der Waals surface area contributed by atoms with Crippen molar-refractivity contribution in [3.05, 3.63) is 186 Å². The van der Waals surface area contributed by atoms with Crippen LogP contribution in [0.1, 0.15) is 27.0 Å². The van der Waals surface area contributed by atoms with E-state index < -0.39 is 39.8 Å². The zero-order valence-corrected chi connectivity index (χ0v) is 31.6. The van der Waals surface area contributed by atoms with Crippen LogP contribution in [0.15, 0.2) is 148 Å². The number of carbonyl (C=O) groups is 1. The number of aldehydes is 1. The Balaban J connectivity index is 1.37. The van der Waals surface area contributed by atoms with Crippen molar-refractivity contribution < 1.29 is 31.1 Å². The summed E-state index contributed by atoms with van der Waals surface area (Å²) in [6.07, 6.45) is -8.57. The predicted octanol–water partition coefficient (Wildman–Crippen LogP) is 11.5. The van der Waals surface area contributed by atoms with Gasteiger partial charge in [-0.15, -0.1) is 0 Å². The Bertz CT molecular complexity index is 3700. The molecule has 0 aliphatic heterocycles. The van der Waals surface area contributed by atoms with E-state index in [9.17, 15) is 45.5 Å². The average Bonchev–Trinajstić information content (AvgIpc) is 3.25. The minimum absolute atomic E-state index is 0.0691. The quantitative estimate of drug-likeness (QED) is 0.0767. The first-order valence-electron chi connectivity index (χ1n) is 18.9. The van der Waals surface area contributed by atoms with E-state index in [0.717, 1.165) is 29.8 Å². The van der Waals surface area contributed by atoms with Crippen molar-refractivity contribution in [2.24, 2.45) is 0 Å². The van der Waals surface area contributed by atoms with Crippen molar-refractivity contribution in [2.45, 2.75) is 19.3 Å². The molecule has 0 fully saturated rings. The molecule has 0 unspecified atom stereocenters. The van der Waals surface area contributed by atoms with Gasteiger partial charge < -0.3 is 8.97 Å². The first kappa shape index (κ1) is 37.7. The highest BCUT2D eigenvalue weighted by molar-refractivity contribution is 6.13. The molecule has 3 heterocycles. The number of rotatable bonds is 4. The molecule has 0 saturated heterocycles. The Morgan fingerprint density at radius 3 is 1.51 bits per heavy atom. The van der Waals surface area contributed by atoms with Gasteiger partial charge in [-0.2, -0.15) is 26.3 Å². The number of benzene rings is 7. The summed E-state index contributed by atoms with van der Waals surface area (Å²) < 4.78 is 84.4. The number of fused-ring (bicyclic) bond motifs is 6. The molecule has 0 spiro atoms. The molecule has 0 amide bonds. The Hall–Kier alpha value is -7.60. The number of pyridine rings is 3. The Morgan fingerprint density at radius 2 is 0.951 bits per heavy atom. The van der Waals surface area contributed by atoms with Crippen LogP contribution in [0.3, 0.4) is 0 Å². The molecule has 7 aromatic carbocycles. The highest BCUT2D eigenvalue weighted by Crippen LogP contribution is 2.38. The molecule has 0 aliphatic carbocycles. The number of hydrogen-bond donors (Lipinski definition) is 0. The second-order valence-corrected chi connectivity index (χ2v) is 15.0. The number of nitrogens with zero attached hydrogens (tertiary/aromatic N) is 2. The van der Waals surface area contributed by atoms with Crippen molar-refractivity contribution in [2.75, 3.05) is 0 Å². The third-order valence-electron chi connectivity index (χ3n) is 11.5. The normalized spacial score (nSPS) is 12.4. The predicted molar refractivity (Wildman–Crippen MR) is 225 cm³/mol. The third-order valence-corrected chi connectivity index (χ3v) is 11.5. The van der Waals surface area contributed by atoms with Gasteiger partial charge >= 0.3 is 12.4 Å². The zero-order valence-electron chi connectivity index (χ0n) is 31.6. The first-order valence-corrected chi connectivity index (χ1v) is 18.9. The van der Waals surface area contributed by atoms with Crippen LogP contribution in [-0.2, 0) is 12.4 Å². The number of alkyl halides is 6. The SMILES string of the molecule is Cc1ccccc1-n1c2cc3c(cc2c(=O)c2cc(-c4ccc(C(F)(F)F)cc4)cc(C=O)c21)c(=O)c1cc(-c2ccc(C(F)(F)F)cc2)cc2c(=O)c4ccccc4n3c21. The maximum atomic E-state index is 14.9. The average molecular weight is 821 g/mol. The van der Waals surface area contributed by atoms with Gasteiger partial charge in [0.2, 0.25) is 0 Å². The van der Waals surface area contributed by atoms with Crippen molar-refractivity contribution in [1.29, 1.82) is 0 Å². The van der Waals surface area contributed by atoms with Crippen LogP contribution in [0.4, 0.5) is 26.3 Å². The minimum atomic E-state index is -4.58. The number of aromatic nitrogens is 2. The standard InChI is InChI=1S/C49H26F6N2O4/c1-25-6-2-4-8-39(25)56-41-23-42-35(22-34(41)46(60)36-19-28(18-30(24-58)43(36)56)26-10-14-31(15-11-26)48(50,51)52)47(61)38-21-29(27-12-16-32(17-13-27)49(53,54)55)20-37-44(38)57(42)40-9-5-3-7-33(40)45(37)59/h2-24H,1H3. The highest BCUT2D eigenvalue weighted by atomic mass is 19.4. The number of hydrogen-bond acceptors (Lipinski definition) is 4. The lowest BCUT2D eigenvalue weighted by Gasteiger charge is -2.21. The van der Waals surface area contributed by atoms with Gasteiger partial charge in [0.05, 0.1) is 38.7 Å². The Kier molecular flexibility index (Phi) is 8.15. The number of para-hydroxylation sites is 2. The summed E-state index contributed by atoms with van der Waals surface area (Å²) in [6.45, 7) is 1.85. The lowest BCUT2D eigenvalue weighted by atomic mass is 9.95. The number of carbonyl (C=O) groups excluding carboxylic acids is 1. The molecule has 3 aromatic heterocycles. The van der Waals surface area contributed by atoms with Gasteiger partial charge in [-0.1, -0.05) is 54.6 Å². The van der Waals surface area contributed by atoms with Gasteiger partial charge in [-0.25, -0.2) is 0 Å². The molecule has 0 saturated carbocycles. The van der Waals surface area contributed by atoms with Gasteiger partial charge in [0.15, 0.2) is 22.6 Å². The molecular formula is C49H26F6N2O4. The maximum Gasteiger partial charge on any atom is 0.416 e. The van der Waals surface area contributed by atoms with Crippen LogP contribution in [0.25, 0.3) is 87.8 Å². The summed E-state index contributed by atoms with van der Waals surface area (Å²) in [5.74, 6) is 0. The summed E-state index contributed by atoms with van der Waals surface area (Å²) in [7, 11) is 0. The highest BCUT2D eigenvalue weighted by Gasteiger charge is 2.31. The fourth-order valence-electron chi connectivity index (χ4n) is 8.59. The molecule has 0 N–H and O–H groups in total. The molecule has 0 atom stereocenters. The van der Waals surface area contributed by atoms with Crippen LogP contribution >= 0.6 is 0 Å². The van der Waals surface area contributed by atoms with E-state index in [1.165, 1.54) is 48.5 Å². The van der Waals surface area contributed by atoms with Crippen molar-refractivity contribution in [3.8, 4) is 27.9 Å². The number of halogens is 6. The molecule has 61 heavy (non-hydrogen) atoms. The lowest BCUT2D eigenvalue weighted by molar-refractivity contribution is -0.138. The van der Waals surface area contributed by atoms with E-state index in [0.29, 0.717) is 56.2 Å². The summed E-state index contributed by atoms with van der Waals surface area (Å²) in [5.41, 5.74) is 1.17. The van der Waals surface area contributed by atoms with E-state index in [-0.39, 0.29) is 43.5 Å². The molecule has 0 aliphatic rings. The Labute approximate surface area is 339 Å². The van der Waals surface area contributed by atoms with Crippen LogP contribution in [0.5, 0.6) is 0 Å². The summed E-state index contributed by atoms with van der Waals surface area (Å²) in [6, 6.07) is 32.2. The van der Waals surface area contributed by atoms with Crippen molar-refractivity contribution in [1.82, 2.24) is 8.97 Å². The van der Waals surface area contributed by atoms with Crippen LogP contribution < -0.4 is 16.3 Å². The first-order chi connectivity index (χ1) is 29.1. The fraction of sp³-hybridized carbons (Fsp3) is 0.0612. The summed E-state index contributed by atoms with van der Waals surface area (Å²) >= 11 is 0. The molecule has 12 heteroatoms. The van der Waals surface area contributed by atoms with Gasteiger partial charge in [0.1, 0.15) is 0 Å². The van der Waals surface area contributed by atoms with Crippen LogP contribution in [0.2, 0.25) is 0 Å². The van der Waals surface area contributed by atoms with Crippen molar-refractivity contribution in [3.63, 3.8) is 0 Å². The second-order valence-electron chi connectivity index (χ2n) is 15.0. The van der Waals surface area contributed by atoms with E-state index in [4.69, 9.17) is 0 Å². The Morgan fingerprint density at radius 1 is 0.459 bits per heavy atom. The second kappa shape index (κ2) is 13.2. The van der Waals surface area contributed by atoms with Gasteiger partial charge in [-0.05, 0) is 114 Å². The van der Waals surface area contributed by atoms with Crippen LogP contribution in [-0.4, -0.2) is 15.3 Å². The van der Waals surface area contributed by atoms with Crippen LogP contribution in [0, 0.1) is 6.92 Å². The molecule has 0 bridgehead atoms. The largest absolute Gasteiger partial charge is 0.416 e. The van der Waals surface area contributed by atoms with E-state index in [1.54, 1.807) is 51.4 Å². The summed E-state index contributed by atoms with van der Waals surface area (Å²) in [5, 5.41) is 0.809. The monoisotopic (exact) mass is 820 g/mol. The smallest absolute Gasteiger partial charge is 0.308 e. The van der Waals surface area contributed by atoms with Gasteiger partial charge in [0.25, 0.3) is 0 Å². The topological polar surface area (TPSA) is 77.6 Å². The molecule has 6 nitrogen and oxygen atoms in total. The lowest BCUT2D eigenvalue weighted by Crippen LogP contribution is -2.17. The third kappa shape index (κ3) is 5.73. The number of aryl methyl sites for hydroxylation is 1. The minimum Gasteiger partial charge on any atom is -0.308 e. The zero-order chi connectivity index (χ0) is 42.7. The molecular weight excluding hydrogens is 795 g/mol. The van der Waals surface area contributed by atoms with E-state index in [2.05, 4.69) is 0 Å². The summed E-state index contributed by atoms with van der Waals surface area (Å²) in [4.78, 5) is 57.1. The van der Waals surface area contributed by atoms with E-state index >= 15 is 0 Å². The maximum absolute atomic E-state index is 14.9. The van der Waals surface area contributed by atoms with Crippen molar-refractivity contribution >= 4 is 66.2 Å². The molecule has 10 aromatic rings. The molecule has 298 valence electrons. The fourth-order valence-corrected chi connectivity index (χ4v) is 8.59. The van der Waals surface area contributed by atoms with Gasteiger partial charge in [-0.3, -0.25) is 19.2 Å². The van der Waals surface area contributed by atoms with Gasteiger partial charge in [0, 0.05) is 43.6 Å². The molecule has 10 rings (SSSR count).